The summed E-state index contributed by atoms with van der Waals surface area (Å²) in [7, 11) is -1.82. The molecule has 1 atom stereocenters. The average Bonchev–Trinajstić information content (AvgIpc) is 3.14. The van der Waals surface area contributed by atoms with Crippen LogP contribution in [-0.2, 0) is 27.6 Å². The lowest BCUT2D eigenvalue weighted by molar-refractivity contribution is 0.122. The number of halogens is 1. The first kappa shape index (κ1) is 18.7. The molecule has 0 spiro atoms. The van der Waals surface area contributed by atoms with E-state index in [4.69, 9.17) is 4.74 Å². The van der Waals surface area contributed by atoms with Crippen LogP contribution in [0.3, 0.4) is 0 Å². The molecule has 130 valence electrons. The van der Waals surface area contributed by atoms with Gasteiger partial charge in [0.1, 0.15) is 0 Å². The molecule has 0 aromatic heterocycles. The van der Waals surface area contributed by atoms with Gasteiger partial charge in [0.05, 0.1) is 17.0 Å². The standard InChI is InChI=1S/C16H24N2O3S.ClH/c1-21-12-16(8-3-9-17-16)11-18-22(19,20)15-7-6-13-4-2-5-14(13)10-15;/h6-7,10,17-18H,2-5,8-9,11-12H2,1H3;1H. The normalized spacial score (nSPS) is 23.5. The van der Waals surface area contributed by atoms with Crippen LogP contribution in [0.15, 0.2) is 23.1 Å². The molecule has 0 saturated carbocycles. The first-order valence-corrected chi connectivity index (χ1v) is 9.38. The smallest absolute Gasteiger partial charge is 0.240 e. The van der Waals surface area contributed by atoms with Gasteiger partial charge >= 0.3 is 0 Å². The van der Waals surface area contributed by atoms with E-state index in [0.29, 0.717) is 18.0 Å². The van der Waals surface area contributed by atoms with Crippen LogP contribution < -0.4 is 10.0 Å². The number of benzene rings is 1. The van der Waals surface area contributed by atoms with Crippen LogP contribution in [0.5, 0.6) is 0 Å². The van der Waals surface area contributed by atoms with Gasteiger partial charge in [0.25, 0.3) is 0 Å². The second-order valence-corrected chi connectivity index (χ2v) is 8.12. The number of rotatable bonds is 6. The number of nitrogens with one attached hydrogen (secondary N) is 2. The molecule has 2 N–H and O–H groups in total. The maximum Gasteiger partial charge on any atom is 0.240 e. The van der Waals surface area contributed by atoms with Crippen LogP contribution in [0, 0.1) is 0 Å². The molecule has 2 aliphatic rings. The molecular weight excluding hydrogens is 336 g/mol. The topological polar surface area (TPSA) is 67.4 Å². The fourth-order valence-corrected chi connectivity index (χ4v) is 4.68. The Morgan fingerprint density at radius 3 is 2.74 bits per heavy atom. The van der Waals surface area contributed by atoms with Gasteiger partial charge in [-0.3, -0.25) is 0 Å². The third kappa shape index (κ3) is 4.06. The Morgan fingerprint density at radius 1 is 1.26 bits per heavy atom. The summed E-state index contributed by atoms with van der Waals surface area (Å²) < 4.78 is 33.1. The molecule has 5 nitrogen and oxygen atoms in total. The first-order valence-electron chi connectivity index (χ1n) is 7.90. The molecule has 1 aliphatic carbocycles. The van der Waals surface area contributed by atoms with Crippen LogP contribution in [0.2, 0.25) is 0 Å². The van der Waals surface area contributed by atoms with Crippen molar-refractivity contribution in [2.24, 2.45) is 0 Å². The first-order chi connectivity index (χ1) is 10.5. The summed E-state index contributed by atoms with van der Waals surface area (Å²) in [4.78, 5) is 0.374. The summed E-state index contributed by atoms with van der Waals surface area (Å²) in [6.07, 6.45) is 5.13. The Hall–Kier alpha value is -0.660. The maximum absolute atomic E-state index is 12.6. The highest BCUT2D eigenvalue weighted by molar-refractivity contribution is 7.89. The highest BCUT2D eigenvalue weighted by Crippen LogP contribution is 2.25. The van der Waals surface area contributed by atoms with E-state index in [2.05, 4.69) is 10.0 Å². The van der Waals surface area contributed by atoms with Gasteiger partial charge in [-0.1, -0.05) is 6.07 Å². The summed E-state index contributed by atoms with van der Waals surface area (Å²) >= 11 is 0. The number of aryl methyl sites for hydroxylation is 2. The molecule has 1 unspecified atom stereocenters. The van der Waals surface area contributed by atoms with Crippen molar-refractivity contribution >= 4 is 22.4 Å². The molecule has 1 heterocycles. The fraction of sp³-hybridized carbons (Fsp3) is 0.625. The van der Waals surface area contributed by atoms with Crippen LogP contribution >= 0.6 is 12.4 Å². The molecule has 7 heteroatoms. The van der Waals surface area contributed by atoms with Gasteiger partial charge < -0.3 is 10.1 Å². The number of methoxy groups -OCH3 is 1. The summed E-state index contributed by atoms with van der Waals surface area (Å²) in [5.74, 6) is 0. The molecule has 0 radical (unpaired) electrons. The minimum atomic E-state index is -3.47. The largest absolute Gasteiger partial charge is 0.383 e. The monoisotopic (exact) mass is 360 g/mol. The molecule has 0 bridgehead atoms. The molecule has 1 aromatic carbocycles. The summed E-state index contributed by atoms with van der Waals surface area (Å²) in [5.41, 5.74) is 2.18. The molecular formula is C16H25ClN2O3S. The molecule has 23 heavy (non-hydrogen) atoms. The predicted octanol–water partition coefficient (Wildman–Crippen LogP) is 1.64. The maximum atomic E-state index is 12.6. The van der Waals surface area contributed by atoms with E-state index in [1.807, 2.05) is 12.1 Å². The van der Waals surface area contributed by atoms with Crippen molar-refractivity contribution in [2.75, 3.05) is 26.8 Å². The quantitative estimate of drug-likeness (QED) is 0.809. The number of sulfonamides is 1. The molecule has 1 fully saturated rings. The van der Waals surface area contributed by atoms with E-state index >= 15 is 0 Å². The predicted molar refractivity (Wildman–Crippen MR) is 92.7 cm³/mol. The van der Waals surface area contributed by atoms with Gasteiger partial charge in [-0.05, 0) is 61.9 Å². The lowest BCUT2D eigenvalue weighted by atomic mass is 9.99. The zero-order chi connectivity index (χ0) is 15.6. The Kier molecular flexibility index (Phi) is 6.08. The lowest BCUT2D eigenvalue weighted by Gasteiger charge is -2.28. The van der Waals surface area contributed by atoms with Gasteiger partial charge in [0.15, 0.2) is 0 Å². The van der Waals surface area contributed by atoms with Gasteiger partial charge in [-0.25, -0.2) is 13.1 Å². The van der Waals surface area contributed by atoms with Crippen molar-refractivity contribution in [3.63, 3.8) is 0 Å². The third-order valence-corrected chi connectivity index (χ3v) is 6.13. The van der Waals surface area contributed by atoms with Gasteiger partial charge in [-0.2, -0.15) is 0 Å². The Bertz CT molecular complexity index is 643. The van der Waals surface area contributed by atoms with E-state index < -0.39 is 10.0 Å². The van der Waals surface area contributed by atoms with Gasteiger partial charge in [0.2, 0.25) is 10.0 Å². The Balaban J connectivity index is 0.00000192. The summed E-state index contributed by atoms with van der Waals surface area (Å²) in [6, 6.07) is 5.50. The number of fused-ring (bicyclic) bond motifs is 1. The number of hydrogen-bond donors (Lipinski definition) is 2. The van der Waals surface area contributed by atoms with Gasteiger partial charge in [0, 0.05) is 13.7 Å². The van der Waals surface area contributed by atoms with E-state index in [-0.39, 0.29) is 17.9 Å². The van der Waals surface area contributed by atoms with Crippen LogP contribution in [0.4, 0.5) is 0 Å². The minimum Gasteiger partial charge on any atom is -0.383 e. The Morgan fingerprint density at radius 2 is 2.04 bits per heavy atom. The van der Waals surface area contributed by atoms with Crippen LogP contribution in [-0.4, -0.2) is 40.8 Å². The number of hydrogen-bond acceptors (Lipinski definition) is 4. The van der Waals surface area contributed by atoms with Crippen molar-refractivity contribution in [3.8, 4) is 0 Å². The van der Waals surface area contributed by atoms with Gasteiger partial charge in [-0.15, -0.1) is 12.4 Å². The highest BCUT2D eigenvalue weighted by atomic mass is 35.5. The third-order valence-electron chi connectivity index (χ3n) is 4.73. The molecule has 0 amide bonds. The van der Waals surface area contributed by atoms with E-state index in [0.717, 1.165) is 38.6 Å². The molecule has 3 rings (SSSR count). The molecule has 1 saturated heterocycles. The van der Waals surface area contributed by atoms with Crippen molar-refractivity contribution in [1.82, 2.24) is 10.0 Å². The summed E-state index contributed by atoms with van der Waals surface area (Å²) in [5, 5.41) is 3.38. The van der Waals surface area contributed by atoms with Crippen molar-refractivity contribution in [1.29, 1.82) is 0 Å². The van der Waals surface area contributed by atoms with Crippen molar-refractivity contribution in [2.45, 2.75) is 42.5 Å². The second-order valence-electron chi connectivity index (χ2n) is 6.35. The molecule has 1 aliphatic heterocycles. The Labute approximate surface area is 144 Å². The zero-order valence-corrected chi connectivity index (χ0v) is 15.1. The van der Waals surface area contributed by atoms with E-state index in [1.165, 1.54) is 11.1 Å². The van der Waals surface area contributed by atoms with Crippen molar-refractivity contribution in [3.05, 3.63) is 29.3 Å². The zero-order valence-electron chi connectivity index (χ0n) is 13.4. The average molecular weight is 361 g/mol. The second kappa shape index (κ2) is 7.49. The fourth-order valence-electron chi connectivity index (χ4n) is 3.50. The van der Waals surface area contributed by atoms with Crippen molar-refractivity contribution < 1.29 is 13.2 Å². The van der Waals surface area contributed by atoms with Crippen LogP contribution in [0.25, 0.3) is 0 Å². The number of ether oxygens (including phenoxy) is 1. The summed E-state index contributed by atoms with van der Waals surface area (Å²) in [6.45, 7) is 1.78. The SMILES string of the molecule is COCC1(CNS(=O)(=O)c2ccc3c(c2)CCC3)CCCN1.Cl. The lowest BCUT2D eigenvalue weighted by Crippen LogP contribution is -2.52. The van der Waals surface area contributed by atoms with E-state index in [1.54, 1.807) is 13.2 Å². The van der Waals surface area contributed by atoms with E-state index in [9.17, 15) is 8.42 Å². The van der Waals surface area contributed by atoms with Crippen LogP contribution in [0.1, 0.15) is 30.4 Å². The minimum absolute atomic E-state index is 0. The molecule has 1 aromatic rings. The highest BCUT2D eigenvalue weighted by Gasteiger charge is 2.34.